The van der Waals surface area contributed by atoms with E-state index in [1.807, 2.05) is 0 Å². The first-order valence-electron chi connectivity index (χ1n) is 3.78. The molecule has 0 spiro atoms. The molecule has 0 aromatic heterocycles. The van der Waals surface area contributed by atoms with Gasteiger partial charge >= 0.3 is 0 Å². The van der Waals surface area contributed by atoms with Gasteiger partial charge < -0.3 is 5.73 Å². The number of nitrogens with two attached hydrogens (primary N) is 1. The van der Waals surface area contributed by atoms with Crippen molar-refractivity contribution in [1.82, 2.24) is 0 Å². The molecule has 66 valence electrons. The molecule has 1 unspecified atom stereocenters. The molecule has 1 rings (SSSR count). The lowest BCUT2D eigenvalue weighted by atomic mass is 10.1. The molecule has 0 aliphatic heterocycles. The Morgan fingerprint density at radius 2 is 1.83 bits per heavy atom. The molecule has 1 nitrogen and oxygen atoms in total. The van der Waals surface area contributed by atoms with E-state index >= 15 is 0 Å². The Hall–Kier alpha value is -0.960. The molecule has 0 fully saturated rings. The van der Waals surface area contributed by atoms with E-state index in [-0.39, 0.29) is 5.82 Å². The Balaban J connectivity index is 2.58. The van der Waals surface area contributed by atoms with Crippen LogP contribution in [-0.2, 0) is 6.42 Å². The van der Waals surface area contributed by atoms with E-state index in [0.717, 1.165) is 5.56 Å². The van der Waals surface area contributed by atoms with Gasteiger partial charge in [-0.2, -0.15) is 0 Å². The zero-order chi connectivity index (χ0) is 8.97. The summed E-state index contributed by atoms with van der Waals surface area (Å²) in [7, 11) is 0. The molecule has 0 amide bonds. The predicted octanol–water partition coefficient (Wildman–Crippen LogP) is 1.66. The standard InChI is InChI=1S/C9H11F2N/c10-6-9(12)5-7-1-3-8(11)4-2-7/h1-4,9H,5-6,12H2. The smallest absolute Gasteiger partial charge is 0.123 e. The highest BCUT2D eigenvalue weighted by molar-refractivity contribution is 5.16. The van der Waals surface area contributed by atoms with Gasteiger partial charge in [0, 0.05) is 6.04 Å². The van der Waals surface area contributed by atoms with Crippen LogP contribution < -0.4 is 5.73 Å². The molecule has 1 aromatic carbocycles. The van der Waals surface area contributed by atoms with Crippen LogP contribution in [0.4, 0.5) is 8.78 Å². The number of hydrogen-bond donors (Lipinski definition) is 1. The van der Waals surface area contributed by atoms with Crippen LogP contribution in [0.5, 0.6) is 0 Å². The van der Waals surface area contributed by atoms with Crippen LogP contribution in [0.25, 0.3) is 0 Å². The summed E-state index contributed by atoms with van der Waals surface area (Å²) in [5.41, 5.74) is 6.24. The van der Waals surface area contributed by atoms with Crippen molar-refractivity contribution < 1.29 is 8.78 Å². The molecule has 0 bridgehead atoms. The van der Waals surface area contributed by atoms with Crippen molar-refractivity contribution in [2.75, 3.05) is 6.67 Å². The third-order valence-electron chi connectivity index (χ3n) is 1.61. The fourth-order valence-corrected chi connectivity index (χ4v) is 0.978. The Kier molecular flexibility index (Phi) is 3.17. The highest BCUT2D eigenvalue weighted by atomic mass is 19.1. The average Bonchev–Trinajstić information content (AvgIpc) is 2.09. The Morgan fingerprint density at radius 3 is 2.33 bits per heavy atom. The van der Waals surface area contributed by atoms with Crippen molar-refractivity contribution in [3.8, 4) is 0 Å². The van der Waals surface area contributed by atoms with Gasteiger partial charge in [-0.3, -0.25) is 0 Å². The zero-order valence-corrected chi connectivity index (χ0v) is 6.63. The van der Waals surface area contributed by atoms with E-state index < -0.39 is 12.7 Å². The van der Waals surface area contributed by atoms with Crippen LogP contribution in [0.3, 0.4) is 0 Å². The first-order chi connectivity index (χ1) is 5.72. The summed E-state index contributed by atoms with van der Waals surface area (Å²) in [6.45, 7) is -0.544. The summed E-state index contributed by atoms with van der Waals surface area (Å²) in [4.78, 5) is 0. The van der Waals surface area contributed by atoms with E-state index in [1.165, 1.54) is 12.1 Å². The topological polar surface area (TPSA) is 26.0 Å². The fraction of sp³-hybridized carbons (Fsp3) is 0.333. The minimum atomic E-state index is -0.544. The van der Waals surface area contributed by atoms with Gasteiger partial charge in [0.1, 0.15) is 12.5 Å². The molecular weight excluding hydrogens is 160 g/mol. The summed E-state index contributed by atoms with van der Waals surface area (Å²) >= 11 is 0. The van der Waals surface area contributed by atoms with Crippen LogP contribution in [0.15, 0.2) is 24.3 Å². The maximum atomic E-state index is 12.4. The zero-order valence-electron chi connectivity index (χ0n) is 6.63. The van der Waals surface area contributed by atoms with E-state index in [1.54, 1.807) is 12.1 Å². The second kappa shape index (κ2) is 4.16. The van der Waals surface area contributed by atoms with E-state index in [2.05, 4.69) is 0 Å². The monoisotopic (exact) mass is 171 g/mol. The van der Waals surface area contributed by atoms with E-state index in [4.69, 9.17) is 5.73 Å². The lowest BCUT2D eigenvalue weighted by molar-refractivity contribution is 0.427. The van der Waals surface area contributed by atoms with E-state index in [0.29, 0.717) is 6.42 Å². The van der Waals surface area contributed by atoms with Gasteiger partial charge in [0.2, 0.25) is 0 Å². The number of halogens is 2. The third kappa shape index (κ3) is 2.58. The van der Waals surface area contributed by atoms with Crippen LogP contribution >= 0.6 is 0 Å². The third-order valence-corrected chi connectivity index (χ3v) is 1.61. The Bertz CT molecular complexity index is 233. The Morgan fingerprint density at radius 1 is 1.25 bits per heavy atom. The molecule has 1 atom stereocenters. The molecule has 12 heavy (non-hydrogen) atoms. The summed E-state index contributed by atoms with van der Waals surface area (Å²) < 4.78 is 24.4. The molecule has 0 heterocycles. The molecule has 3 heteroatoms. The van der Waals surface area contributed by atoms with Gasteiger partial charge in [-0.1, -0.05) is 12.1 Å². The number of hydrogen-bond acceptors (Lipinski definition) is 1. The molecule has 0 saturated carbocycles. The van der Waals surface area contributed by atoms with Crippen LogP contribution in [0, 0.1) is 5.82 Å². The Labute approximate surface area is 70.2 Å². The predicted molar refractivity (Wildman–Crippen MR) is 44.1 cm³/mol. The first kappa shape index (κ1) is 9.13. The highest BCUT2D eigenvalue weighted by Crippen LogP contribution is 2.04. The molecule has 1 aromatic rings. The summed E-state index contributed by atoms with van der Waals surface area (Å²) in [6, 6.07) is 5.45. The van der Waals surface area contributed by atoms with Crippen molar-refractivity contribution >= 4 is 0 Å². The van der Waals surface area contributed by atoms with Gasteiger partial charge in [0.15, 0.2) is 0 Å². The summed E-state index contributed by atoms with van der Waals surface area (Å²) in [6.07, 6.45) is 0.455. The molecule has 0 saturated heterocycles. The van der Waals surface area contributed by atoms with E-state index in [9.17, 15) is 8.78 Å². The molecule has 2 N–H and O–H groups in total. The van der Waals surface area contributed by atoms with Crippen LogP contribution in [0.2, 0.25) is 0 Å². The molecular formula is C9H11F2N. The van der Waals surface area contributed by atoms with Gasteiger partial charge in [-0.15, -0.1) is 0 Å². The first-order valence-corrected chi connectivity index (χ1v) is 3.78. The second-order valence-corrected chi connectivity index (χ2v) is 2.74. The van der Waals surface area contributed by atoms with Gasteiger partial charge in [-0.25, -0.2) is 8.78 Å². The average molecular weight is 171 g/mol. The maximum absolute atomic E-state index is 12.4. The van der Waals surface area contributed by atoms with Crippen LogP contribution in [0.1, 0.15) is 5.56 Å². The molecule has 0 radical (unpaired) electrons. The number of alkyl halides is 1. The number of benzene rings is 1. The molecule has 0 aliphatic carbocycles. The van der Waals surface area contributed by atoms with Crippen molar-refractivity contribution in [2.24, 2.45) is 5.73 Å². The minimum absolute atomic E-state index is 0.285. The number of rotatable bonds is 3. The van der Waals surface area contributed by atoms with Gasteiger partial charge in [-0.05, 0) is 24.1 Å². The van der Waals surface area contributed by atoms with Crippen molar-refractivity contribution in [3.63, 3.8) is 0 Å². The largest absolute Gasteiger partial charge is 0.325 e. The minimum Gasteiger partial charge on any atom is -0.325 e. The van der Waals surface area contributed by atoms with Crippen molar-refractivity contribution in [1.29, 1.82) is 0 Å². The summed E-state index contributed by atoms with van der Waals surface area (Å²) in [5, 5.41) is 0. The van der Waals surface area contributed by atoms with Crippen molar-refractivity contribution in [2.45, 2.75) is 12.5 Å². The quantitative estimate of drug-likeness (QED) is 0.735. The van der Waals surface area contributed by atoms with Gasteiger partial charge in [0.25, 0.3) is 0 Å². The summed E-state index contributed by atoms with van der Waals surface area (Å²) in [5.74, 6) is -0.285. The SMILES string of the molecule is NC(CF)Cc1ccc(F)cc1. The highest BCUT2D eigenvalue weighted by Gasteiger charge is 2.02. The van der Waals surface area contributed by atoms with Crippen LogP contribution in [-0.4, -0.2) is 12.7 Å². The molecule has 0 aliphatic rings. The van der Waals surface area contributed by atoms with Gasteiger partial charge in [0.05, 0.1) is 0 Å². The lowest BCUT2D eigenvalue weighted by Crippen LogP contribution is -2.24. The second-order valence-electron chi connectivity index (χ2n) is 2.74. The normalized spacial score (nSPS) is 12.9. The maximum Gasteiger partial charge on any atom is 0.123 e. The lowest BCUT2D eigenvalue weighted by Gasteiger charge is -2.05. The fourth-order valence-electron chi connectivity index (χ4n) is 0.978. The van der Waals surface area contributed by atoms with Crippen molar-refractivity contribution in [3.05, 3.63) is 35.6 Å².